The third kappa shape index (κ3) is 3.77. The number of H-pyrrole nitrogens is 1. The highest BCUT2D eigenvalue weighted by Gasteiger charge is 2.29. The summed E-state index contributed by atoms with van der Waals surface area (Å²) in [4.78, 5) is 16.9. The van der Waals surface area contributed by atoms with Gasteiger partial charge in [-0.1, -0.05) is 6.07 Å². The van der Waals surface area contributed by atoms with Crippen LogP contribution in [0.5, 0.6) is 0 Å². The molecule has 0 fully saturated rings. The number of benzene rings is 1. The van der Waals surface area contributed by atoms with Crippen LogP contribution < -0.4 is 0 Å². The Balaban J connectivity index is 1.78. The highest BCUT2D eigenvalue weighted by atomic mass is 32.2. The molecule has 1 aromatic carbocycles. The van der Waals surface area contributed by atoms with Gasteiger partial charge in [0.25, 0.3) is 0 Å². The van der Waals surface area contributed by atoms with Crippen molar-refractivity contribution in [1.82, 2.24) is 9.29 Å². The molecular formula is C21H24N2O4S2. The van der Waals surface area contributed by atoms with Crippen molar-refractivity contribution >= 4 is 38.0 Å². The van der Waals surface area contributed by atoms with Crippen LogP contribution in [0.4, 0.5) is 0 Å². The number of hydrogen-bond donors (Lipinski definition) is 1. The standard InChI is InChI=1S/C21H24N2O4S2/c1-14-11-16-18(22-17-6-3-7-19(24)21(16)17)12-20(14)29(25,26)23(8-9-27-2)13-15-5-4-10-28-15/h4-5,10-12,22H,3,6-9,13H2,1-2H3. The molecule has 29 heavy (non-hydrogen) atoms. The first-order valence-electron chi connectivity index (χ1n) is 9.61. The molecule has 0 spiro atoms. The van der Waals surface area contributed by atoms with Crippen molar-refractivity contribution in [3.63, 3.8) is 0 Å². The van der Waals surface area contributed by atoms with Gasteiger partial charge in [-0.15, -0.1) is 11.3 Å². The minimum atomic E-state index is -3.73. The first-order valence-corrected chi connectivity index (χ1v) is 11.9. The normalized spacial score (nSPS) is 14.7. The van der Waals surface area contributed by atoms with Gasteiger partial charge in [0.05, 0.1) is 11.5 Å². The summed E-state index contributed by atoms with van der Waals surface area (Å²) in [5.74, 6) is 0.131. The predicted octanol–water partition coefficient (Wildman–Crippen LogP) is 3.89. The number of fused-ring (bicyclic) bond motifs is 3. The molecule has 1 N–H and O–H groups in total. The number of ether oxygens (including phenoxy) is 1. The summed E-state index contributed by atoms with van der Waals surface area (Å²) in [7, 11) is -2.17. The average molecular weight is 433 g/mol. The van der Waals surface area contributed by atoms with E-state index in [0.29, 0.717) is 30.7 Å². The fourth-order valence-electron chi connectivity index (χ4n) is 3.91. The molecule has 8 heteroatoms. The quantitative estimate of drug-likeness (QED) is 0.614. The Morgan fingerprint density at radius 2 is 2.10 bits per heavy atom. The van der Waals surface area contributed by atoms with Gasteiger partial charge in [-0.3, -0.25) is 4.79 Å². The molecule has 154 valence electrons. The molecule has 0 radical (unpaired) electrons. The van der Waals surface area contributed by atoms with E-state index in [0.717, 1.165) is 34.4 Å². The number of aryl methyl sites for hydroxylation is 2. The zero-order valence-electron chi connectivity index (χ0n) is 16.5. The van der Waals surface area contributed by atoms with Crippen molar-refractivity contribution in [2.75, 3.05) is 20.3 Å². The summed E-state index contributed by atoms with van der Waals surface area (Å²) in [6.07, 6.45) is 2.19. The highest BCUT2D eigenvalue weighted by Crippen LogP contribution is 2.33. The number of nitrogens with zero attached hydrogens (tertiary/aromatic N) is 1. The summed E-state index contributed by atoms with van der Waals surface area (Å²) in [5, 5.41) is 2.76. The monoisotopic (exact) mass is 432 g/mol. The minimum Gasteiger partial charge on any atom is -0.383 e. The maximum atomic E-state index is 13.5. The van der Waals surface area contributed by atoms with E-state index in [1.807, 2.05) is 23.6 Å². The third-order valence-electron chi connectivity index (χ3n) is 5.36. The molecule has 0 aliphatic heterocycles. The van der Waals surface area contributed by atoms with Crippen LogP contribution in [-0.4, -0.2) is 43.8 Å². The van der Waals surface area contributed by atoms with Crippen molar-refractivity contribution < 1.29 is 17.9 Å². The Morgan fingerprint density at radius 1 is 1.28 bits per heavy atom. The molecule has 2 aromatic heterocycles. The number of methoxy groups -OCH3 is 1. The summed E-state index contributed by atoms with van der Waals surface area (Å²) < 4.78 is 33.7. The lowest BCUT2D eigenvalue weighted by Crippen LogP contribution is -2.33. The Labute approximate surface area is 174 Å². The van der Waals surface area contributed by atoms with Crippen molar-refractivity contribution in [3.8, 4) is 0 Å². The number of thiophene rings is 1. The number of aromatic nitrogens is 1. The van der Waals surface area contributed by atoms with Crippen molar-refractivity contribution in [2.45, 2.75) is 37.6 Å². The maximum Gasteiger partial charge on any atom is 0.243 e. The molecule has 0 bridgehead atoms. The summed E-state index contributed by atoms with van der Waals surface area (Å²) in [6.45, 7) is 2.68. The first-order chi connectivity index (χ1) is 13.9. The van der Waals surface area contributed by atoms with Crippen LogP contribution in [0.3, 0.4) is 0 Å². The van der Waals surface area contributed by atoms with Crippen molar-refractivity contribution in [3.05, 3.63) is 51.3 Å². The molecule has 1 aliphatic rings. The Hall–Kier alpha value is -2.00. The van der Waals surface area contributed by atoms with Gasteiger partial charge < -0.3 is 9.72 Å². The number of carbonyl (C=O) groups is 1. The maximum absolute atomic E-state index is 13.5. The Morgan fingerprint density at radius 3 is 2.83 bits per heavy atom. The van der Waals surface area contributed by atoms with Crippen LogP contribution >= 0.6 is 11.3 Å². The number of carbonyl (C=O) groups excluding carboxylic acids is 1. The highest BCUT2D eigenvalue weighted by molar-refractivity contribution is 7.89. The van der Waals surface area contributed by atoms with Gasteiger partial charge in [-0.05, 0) is 48.9 Å². The van der Waals surface area contributed by atoms with Crippen LogP contribution in [0, 0.1) is 6.92 Å². The van der Waals surface area contributed by atoms with E-state index < -0.39 is 10.0 Å². The van der Waals surface area contributed by atoms with Crippen LogP contribution in [-0.2, 0) is 27.7 Å². The van der Waals surface area contributed by atoms with Crippen LogP contribution in [0.25, 0.3) is 10.9 Å². The van der Waals surface area contributed by atoms with E-state index in [-0.39, 0.29) is 17.2 Å². The lowest BCUT2D eigenvalue weighted by Gasteiger charge is -2.22. The van der Waals surface area contributed by atoms with Gasteiger partial charge in [-0.25, -0.2) is 8.42 Å². The number of rotatable bonds is 7. The van der Waals surface area contributed by atoms with Gasteiger partial charge in [-0.2, -0.15) is 4.31 Å². The van der Waals surface area contributed by atoms with E-state index >= 15 is 0 Å². The molecular weight excluding hydrogens is 408 g/mol. The number of Topliss-reactive ketones (excluding diaryl/α,β-unsaturated/α-hetero) is 1. The van der Waals surface area contributed by atoms with Crippen molar-refractivity contribution in [1.29, 1.82) is 0 Å². The molecule has 2 heterocycles. The van der Waals surface area contributed by atoms with Crippen molar-refractivity contribution in [2.24, 2.45) is 0 Å². The fourth-order valence-corrected chi connectivity index (χ4v) is 6.35. The second-order valence-corrected chi connectivity index (χ2v) is 10.3. The topological polar surface area (TPSA) is 79.5 Å². The number of sulfonamides is 1. The predicted molar refractivity (Wildman–Crippen MR) is 114 cm³/mol. The van der Waals surface area contributed by atoms with Gasteiger partial charge in [0.15, 0.2) is 5.78 Å². The number of nitrogens with one attached hydrogen (secondary N) is 1. The second-order valence-electron chi connectivity index (χ2n) is 7.33. The van der Waals surface area contributed by atoms with E-state index in [1.54, 1.807) is 20.1 Å². The van der Waals surface area contributed by atoms with Gasteiger partial charge in [0.2, 0.25) is 10.0 Å². The summed E-state index contributed by atoms with van der Waals surface area (Å²) in [6, 6.07) is 7.36. The smallest absolute Gasteiger partial charge is 0.243 e. The Bertz CT molecular complexity index is 1150. The molecule has 6 nitrogen and oxygen atoms in total. The van der Waals surface area contributed by atoms with E-state index in [1.165, 1.54) is 15.6 Å². The minimum absolute atomic E-state index is 0.131. The number of aromatic amines is 1. The van der Waals surface area contributed by atoms with Gasteiger partial charge in [0, 0.05) is 53.7 Å². The van der Waals surface area contributed by atoms with Crippen LogP contribution in [0.1, 0.15) is 39.3 Å². The van der Waals surface area contributed by atoms with Crippen LogP contribution in [0.15, 0.2) is 34.5 Å². The first kappa shape index (κ1) is 20.3. The molecule has 0 amide bonds. The molecule has 0 saturated heterocycles. The lowest BCUT2D eigenvalue weighted by molar-refractivity contribution is 0.0974. The second kappa shape index (κ2) is 8.02. The largest absolute Gasteiger partial charge is 0.383 e. The fraction of sp³-hybridized carbons (Fsp3) is 0.381. The number of ketones is 1. The third-order valence-corrected chi connectivity index (χ3v) is 8.20. The van der Waals surface area contributed by atoms with Gasteiger partial charge >= 0.3 is 0 Å². The molecule has 4 rings (SSSR count). The zero-order chi connectivity index (χ0) is 20.6. The SMILES string of the molecule is COCCN(Cc1cccs1)S(=O)(=O)c1cc2[nH]c3c(c2cc1C)C(=O)CCC3. The van der Waals surface area contributed by atoms with E-state index in [2.05, 4.69) is 4.98 Å². The average Bonchev–Trinajstić information content (AvgIpc) is 3.32. The van der Waals surface area contributed by atoms with E-state index in [4.69, 9.17) is 4.74 Å². The van der Waals surface area contributed by atoms with Gasteiger partial charge in [0.1, 0.15) is 0 Å². The summed E-state index contributed by atoms with van der Waals surface area (Å²) in [5.41, 5.74) is 3.00. The summed E-state index contributed by atoms with van der Waals surface area (Å²) >= 11 is 1.53. The Kier molecular flexibility index (Phi) is 5.61. The zero-order valence-corrected chi connectivity index (χ0v) is 18.2. The molecule has 0 saturated carbocycles. The number of hydrogen-bond acceptors (Lipinski definition) is 5. The molecule has 1 aliphatic carbocycles. The van der Waals surface area contributed by atoms with E-state index in [9.17, 15) is 13.2 Å². The van der Waals surface area contributed by atoms with Crippen LogP contribution in [0.2, 0.25) is 0 Å². The molecule has 0 atom stereocenters. The molecule has 0 unspecified atom stereocenters. The lowest BCUT2D eigenvalue weighted by atomic mass is 9.94. The molecule has 3 aromatic rings.